The first kappa shape index (κ1) is 15.4. The Morgan fingerprint density at radius 2 is 1.95 bits per heavy atom. The molecule has 2 aromatic rings. The SMILES string of the molecule is CCc1nnc(NC(=O)C2(c3ccc(Cl)cc3)CCCC2)s1. The van der Waals surface area contributed by atoms with Crippen molar-refractivity contribution in [2.75, 3.05) is 5.32 Å². The normalized spacial score (nSPS) is 16.6. The van der Waals surface area contributed by atoms with Crippen molar-refractivity contribution in [3.05, 3.63) is 39.9 Å². The van der Waals surface area contributed by atoms with Crippen molar-refractivity contribution in [1.29, 1.82) is 0 Å². The van der Waals surface area contributed by atoms with Crippen molar-refractivity contribution >= 4 is 34.0 Å². The fraction of sp³-hybridized carbons (Fsp3) is 0.438. The molecule has 0 unspecified atom stereocenters. The molecule has 0 atom stereocenters. The Morgan fingerprint density at radius 3 is 2.55 bits per heavy atom. The number of nitrogens with zero attached hydrogens (tertiary/aromatic N) is 2. The predicted octanol–water partition coefficient (Wildman–Crippen LogP) is 4.20. The van der Waals surface area contributed by atoms with Gasteiger partial charge in [-0.1, -0.05) is 54.8 Å². The van der Waals surface area contributed by atoms with E-state index in [0.717, 1.165) is 42.7 Å². The Bertz CT molecular complexity index is 662. The number of aryl methyl sites for hydroxylation is 1. The van der Waals surface area contributed by atoms with Gasteiger partial charge in [-0.15, -0.1) is 10.2 Å². The molecule has 116 valence electrons. The van der Waals surface area contributed by atoms with Gasteiger partial charge >= 0.3 is 0 Å². The minimum absolute atomic E-state index is 0.0196. The standard InChI is InChI=1S/C16H18ClN3OS/c1-2-13-19-20-15(22-13)18-14(21)16(9-3-4-10-16)11-5-7-12(17)8-6-11/h5-8H,2-4,9-10H2,1H3,(H,18,20,21). The molecule has 0 bridgehead atoms. The van der Waals surface area contributed by atoms with Crippen LogP contribution in [0.2, 0.25) is 5.02 Å². The molecule has 1 aliphatic carbocycles. The van der Waals surface area contributed by atoms with Gasteiger partial charge in [-0.3, -0.25) is 10.1 Å². The van der Waals surface area contributed by atoms with Gasteiger partial charge in [0.25, 0.3) is 0 Å². The molecule has 0 radical (unpaired) electrons. The molecule has 1 saturated carbocycles. The smallest absolute Gasteiger partial charge is 0.236 e. The number of rotatable bonds is 4. The molecule has 6 heteroatoms. The van der Waals surface area contributed by atoms with Gasteiger partial charge in [-0.2, -0.15) is 0 Å². The zero-order valence-corrected chi connectivity index (χ0v) is 14.0. The van der Waals surface area contributed by atoms with Gasteiger partial charge in [0.2, 0.25) is 11.0 Å². The molecular formula is C16H18ClN3OS. The highest BCUT2D eigenvalue weighted by atomic mass is 35.5. The molecule has 1 aliphatic rings. The van der Waals surface area contributed by atoms with Crippen molar-refractivity contribution in [3.8, 4) is 0 Å². The molecular weight excluding hydrogens is 318 g/mol. The lowest BCUT2D eigenvalue weighted by Gasteiger charge is -2.27. The first-order valence-corrected chi connectivity index (χ1v) is 8.73. The van der Waals surface area contributed by atoms with Crippen molar-refractivity contribution in [3.63, 3.8) is 0 Å². The van der Waals surface area contributed by atoms with Crippen molar-refractivity contribution in [2.24, 2.45) is 0 Å². The number of carbonyl (C=O) groups excluding carboxylic acids is 1. The summed E-state index contributed by atoms with van der Waals surface area (Å²) in [7, 11) is 0. The van der Waals surface area contributed by atoms with Crippen LogP contribution < -0.4 is 5.32 Å². The lowest BCUT2D eigenvalue weighted by molar-refractivity contribution is -0.121. The largest absolute Gasteiger partial charge is 0.300 e. The van der Waals surface area contributed by atoms with Crippen molar-refractivity contribution in [1.82, 2.24) is 10.2 Å². The average molecular weight is 336 g/mol. The number of amides is 1. The van der Waals surface area contributed by atoms with Gasteiger partial charge in [0.05, 0.1) is 5.41 Å². The summed E-state index contributed by atoms with van der Waals surface area (Å²) in [5, 5.41) is 13.3. The molecule has 4 nitrogen and oxygen atoms in total. The maximum atomic E-state index is 12.9. The fourth-order valence-electron chi connectivity index (χ4n) is 3.06. The molecule has 0 spiro atoms. The van der Waals surface area contributed by atoms with E-state index < -0.39 is 5.41 Å². The van der Waals surface area contributed by atoms with Gasteiger partial charge in [-0.05, 0) is 37.0 Å². The van der Waals surface area contributed by atoms with Gasteiger partial charge in [-0.25, -0.2) is 0 Å². The maximum Gasteiger partial charge on any atom is 0.236 e. The van der Waals surface area contributed by atoms with Crippen molar-refractivity contribution < 1.29 is 4.79 Å². The Labute approximate surface area is 138 Å². The van der Waals surface area contributed by atoms with E-state index >= 15 is 0 Å². The van der Waals surface area contributed by atoms with E-state index in [4.69, 9.17) is 11.6 Å². The molecule has 22 heavy (non-hydrogen) atoms. The molecule has 1 heterocycles. The highest BCUT2D eigenvalue weighted by Gasteiger charge is 2.43. The summed E-state index contributed by atoms with van der Waals surface area (Å²) < 4.78 is 0. The third kappa shape index (κ3) is 2.88. The summed E-state index contributed by atoms with van der Waals surface area (Å²) >= 11 is 7.42. The Hall–Kier alpha value is -1.46. The lowest BCUT2D eigenvalue weighted by atomic mass is 9.78. The van der Waals surface area contributed by atoms with Crippen molar-refractivity contribution in [2.45, 2.75) is 44.4 Å². The first-order valence-electron chi connectivity index (χ1n) is 7.54. The zero-order valence-electron chi connectivity index (χ0n) is 12.4. The Balaban J connectivity index is 1.86. The Kier molecular flexibility index (Phi) is 4.45. The van der Waals surface area contributed by atoms with Crippen LogP contribution in [-0.4, -0.2) is 16.1 Å². The molecule has 1 amide bonds. The molecule has 1 fully saturated rings. The summed E-state index contributed by atoms with van der Waals surface area (Å²) in [5.41, 5.74) is 0.565. The van der Waals surface area contributed by atoms with E-state index in [2.05, 4.69) is 15.5 Å². The highest BCUT2D eigenvalue weighted by Crippen LogP contribution is 2.42. The van der Waals surface area contributed by atoms with Crippen LogP contribution in [0, 0.1) is 0 Å². The van der Waals surface area contributed by atoms with Gasteiger partial charge in [0, 0.05) is 5.02 Å². The molecule has 1 aromatic heterocycles. The number of aromatic nitrogens is 2. The van der Waals surface area contributed by atoms with Crippen LogP contribution in [0.4, 0.5) is 5.13 Å². The fourth-order valence-corrected chi connectivity index (χ4v) is 3.86. The van der Waals surface area contributed by atoms with Crippen LogP contribution >= 0.6 is 22.9 Å². The summed E-state index contributed by atoms with van der Waals surface area (Å²) in [6.45, 7) is 2.03. The number of carbonyl (C=O) groups is 1. The van der Waals surface area contributed by atoms with Crippen LogP contribution in [-0.2, 0) is 16.6 Å². The number of anilines is 1. The van der Waals surface area contributed by atoms with Crippen LogP contribution in [0.1, 0.15) is 43.2 Å². The third-order valence-corrected chi connectivity index (χ3v) is 5.51. The number of hydrogen-bond acceptors (Lipinski definition) is 4. The summed E-state index contributed by atoms with van der Waals surface area (Å²) in [6, 6.07) is 7.63. The number of benzene rings is 1. The third-order valence-electron chi connectivity index (χ3n) is 4.28. The van der Waals surface area contributed by atoms with Gasteiger partial charge in [0.1, 0.15) is 5.01 Å². The van der Waals surface area contributed by atoms with E-state index in [9.17, 15) is 4.79 Å². The molecule has 3 rings (SSSR count). The summed E-state index contributed by atoms with van der Waals surface area (Å²) in [4.78, 5) is 12.9. The van der Waals surface area contributed by atoms with E-state index in [1.54, 1.807) is 0 Å². The molecule has 1 aromatic carbocycles. The monoisotopic (exact) mass is 335 g/mol. The maximum absolute atomic E-state index is 12.9. The minimum Gasteiger partial charge on any atom is -0.300 e. The first-order chi connectivity index (χ1) is 10.6. The second-order valence-corrected chi connectivity index (χ2v) is 7.10. The summed E-state index contributed by atoms with van der Waals surface area (Å²) in [5.74, 6) is 0.0196. The molecule has 0 aliphatic heterocycles. The van der Waals surface area contributed by atoms with E-state index in [1.165, 1.54) is 11.3 Å². The van der Waals surface area contributed by atoms with E-state index in [0.29, 0.717) is 10.2 Å². The molecule has 1 N–H and O–H groups in total. The van der Waals surface area contributed by atoms with Crippen LogP contribution in [0.5, 0.6) is 0 Å². The second kappa shape index (κ2) is 6.34. The lowest BCUT2D eigenvalue weighted by Crippen LogP contribution is -2.37. The van der Waals surface area contributed by atoms with Crippen LogP contribution in [0.15, 0.2) is 24.3 Å². The molecule has 0 saturated heterocycles. The van der Waals surface area contributed by atoms with E-state index in [1.807, 2.05) is 31.2 Å². The minimum atomic E-state index is -0.470. The number of hydrogen-bond donors (Lipinski definition) is 1. The van der Waals surface area contributed by atoms with Crippen LogP contribution in [0.3, 0.4) is 0 Å². The van der Waals surface area contributed by atoms with Gasteiger partial charge in [0.15, 0.2) is 0 Å². The number of halogens is 1. The summed E-state index contributed by atoms with van der Waals surface area (Å²) in [6.07, 6.45) is 4.68. The van der Waals surface area contributed by atoms with E-state index in [-0.39, 0.29) is 5.91 Å². The highest BCUT2D eigenvalue weighted by molar-refractivity contribution is 7.15. The topological polar surface area (TPSA) is 54.9 Å². The predicted molar refractivity (Wildman–Crippen MR) is 89.5 cm³/mol. The second-order valence-electron chi connectivity index (χ2n) is 5.60. The Morgan fingerprint density at radius 1 is 1.27 bits per heavy atom. The van der Waals surface area contributed by atoms with Gasteiger partial charge < -0.3 is 0 Å². The van der Waals surface area contributed by atoms with Crippen LogP contribution in [0.25, 0.3) is 0 Å². The average Bonchev–Trinajstić information content (AvgIpc) is 3.17. The quantitative estimate of drug-likeness (QED) is 0.910. The number of nitrogens with one attached hydrogen (secondary N) is 1. The zero-order chi connectivity index (χ0) is 15.6.